The van der Waals surface area contributed by atoms with Gasteiger partial charge in [-0.2, -0.15) is 30.4 Å². The zero-order valence-corrected chi connectivity index (χ0v) is 31.6. The van der Waals surface area contributed by atoms with Crippen LogP contribution in [0.2, 0.25) is 5.02 Å². The number of benzene rings is 3. The third-order valence-electron chi connectivity index (χ3n) is 7.69. The number of hydrogen-bond acceptors (Lipinski definition) is 16. The van der Waals surface area contributed by atoms with Gasteiger partial charge in [0.25, 0.3) is 30.4 Å². The van der Waals surface area contributed by atoms with E-state index in [1.807, 2.05) is 0 Å². The zero-order chi connectivity index (χ0) is 41.4. The Balaban J connectivity index is 1.39. The van der Waals surface area contributed by atoms with E-state index in [4.69, 9.17) is 16.3 Å². The van der Waals surface area contributed by atoms with Gasteiger partial charge < -0.3 is 20.5 Å². The molecule has 25 heteroatoms. The van der Waals surface area contributed by atoms with Crippen LogP contribution < -0.4 is 25.4 Å². The number of pyridine rings is 1. The molecule has 0 fully saturated rings. The smallest absolute Gasteiger partial charge is 0.444 e. The van der Waals surface area contributed by atoms with Gasteiger partial charge in [0, 0.05) is 23.0 Å². The van der Waals surface area contributed by atoms with Crippen LogP contribution in [0, 0.1) is 0 Å². The van der Waals surface area contributed by atoms with Crippen molar-refractivity contribution in [1.82, 2.24) is 15.0 Å². The largest absolute Gasteiger partial charge is 0.497 e. The molecule has 0 aliphatic heterocycles. The van der Waals surface area contributed by atoms with Crippen LogP contribution in [-0.2, 0) is 30.4 Å². The number of halogens is 1. The fourth-order valence-electron chi connectivity index (χ4n) is 5.13. The van der Waals surface area contributed by atoms with Crippen LogP contribution in [0.5, 0.6) is 5.75 Å². The number of anilines is 5. The minimum absolute atomic E-state index is 0.0364. The number of aromatic nitrogens is 4. The molecule has 2 aromatic heterocycles. The average Bonchev–Trinajstić information content (AvgIpc) is 3.13. The monoisotopic (exact) mass is 859 g/mol. The Morgan fingerprint density at radius 3 is 2.09 bits per heavy atom. The Hall–Kier alpha value is -6.41. The number of hydrazone groups is 1. The van der Waals surface area contributed by atoms with Gasteiger partial charge in [-0.15, -0.1) is 4.98 Å². The molecule has 0 amide bonds. The molecule has 6 rings (SSSR count). The van der Waals surface area contributed by atoms with Crippen LogP contribution in [-0.4, -0.2) is 83.5 Å². The first kappa shape index (κ1) is 40.3. The maximum atomic E-state index is 13.6. The predicted octanol–water partition coefficient (Wildman–Crippen LogP) is 3.38. The Labute approximate surface area is 326 Å². The normalized spacial score (nSPS) is 13.7. The molecule has 294 valence electrons. The molecule has 5 aromatic rings. The molecule has 21 nitrogen and oxygen atoms in total. The number of ether oxygens (including phenoxy) is 1. The second-order valence-electron chi connectivity index (χ2n) is 11.5. The molecular formula is C32H24ClN8O13S3+. The second kappa shape index (κ2) is 15.3. The first-order chi connectivity index (χ1) is 26.7. The molecule has 57 heavy (non-hydrogen) atoms. The number of carboxylic acids is 1. The summed E-state index contributed by atoms with van der Waals surface area (Å²) in [5.74, 6) is -2.86. The summed E-state index contributed by atoms with van der Waals surface area (Å²) >= 11 is 5.93. The molecule has 0 bridgehead atoms. The first-order valence-corrected chi connectivity index (χ1v) is 20.1. The number of carbonyl (C=O) groups is 2. The van der Waals surface area contributed by atoms with E-state index in [-0.39, 0.29) is 62.4 Å². The molecule has 0 spiro atoms. The van der Waals surface area contributed by atoms with Gasteiger partial charge in [-0.05, 0) is 82.3 Å². The van der Waals surface area contributed by atoms with E-state index in [0.717, 1.165) is 24.3 Å². The van der Waals surface area contributed by atoms with Gasteiger partial charge in [0.2, 0.25) is 5.78 Å². The van der Waals surface area contributed by atoms with Crippen LogP contribution in [0.4, 0.5) is 29.0 Å². The Kier molecular flexibility index (Phi) is 10.8. The van der Waals surface area contributed by atoms with Crippen LogP contribution >= 0.6 is 11.6 Å². The molecule has 0 saturated carbocycles. The fraction of sp³-hybridized carbons (Fsp3) is 0.0312. The van der Waals surface area contributed by atoms with E-state index in [9.17, 15) is 53.6 Å². The van der Waals surface area contributed by atoms with Crippen molar-refractivity contribution in [1.29, 1.82) is 0 Å². The minimum Gasteiger partial charge on any atom is -0.497 e. The average molecular weight is 860 g/mol. The highest BCUT2D eigenvalue weighted by molar-refractivity contribution is 7.91. The molecule has 1 aliphatic carbocycles. The van der Waals surface area contributed by atoms with Crippen molar-refractivity contribution in [3.8, 4) is 11.7 Å². The molecule has 1 aliphatic rings. The quantitative estimate of drug-likeness (QED) is 0.0537. The highest BCUT2D eigenvalue weighted by Gasteiger charge is 2.33. The van der Waals surface area contributed by atoms with Gasteiger partial charge in [0.05, 0.1) is 35.8 Å². The lowest BCUT2D eigenvalue weighted by atomic mass is 9.94. The van der Waals surface area contributed by atoms with Gasteiger partial charge in [-0.25, -0.2) is 9.36 Å². The van der Waals surface area contributed by atoms with E-state index in [0.29, 0.717) is 0 Å². The van der Waals surface area contributed by atoms with Crippen molar-refractivity contribution in [2.45, 2.75) is 9.79 Å². The van der Waals surface area contributed by atoms with Crippen molar-refractivity contribution in [2.24, 2.45) is 5.10 Å². The fourth-order valence-corrected chi connectivity index (χ4v) is 7.44. The molecule has 0 radical (unpaired) electrons. The zero-order valence-electron chi connectivity index (χ0n) is 28.4. The summed E-state index contributed by atoms with van der Waals surface area (Å²) < 4.78 is 108. The highest BCUT2D eigenvalue weighted by atomic mass is 35.5. The molecule has 0 atom stereocenters. The van der Waals surface area contributed by atoms with Gasteiger partial charge in [0.1, 0.15) is 20.4 Å². The van der Waals surface area contributed by atoms with Gasteiger partial charge in [-0.1, -0.05) is 11.6 Å². The summed E-state index contributed by atoms with van der Waals surface area (Å²) in [6, 6.07) is 13.5. The maximum Gasteiger partial charge on any atom is 0.444 e. The van der Waals surface area contributed by atoms with Crippen molar-refractivity contribution in [2.75, 3.05) is 23.2 Å². The van der Waals surface area contributed by atoms with Crippen molar-refractivity contribution in [3.05, 3.63) is 106 Å². The number of Topliss-reactive ketones (excluding diaryl/α,β-unsaturated/α-hetero) is 1. The van der Waals surface area contributed by atoms with Crippen LogP contribution in [0.1, 0.15) is 26.3 Å². The van der Waals surface area contributed by atoms with E-state index >= 15 is 0 Å². The van der Waals surface area contributed by atoms with Crippen LogP contribution in [0.3, 0.4) is 0 Å². The molecule has 7 N–H and O–H groups in total. The number of allylic oxidation sites excluding steroid dienone is 1. The number of aromatic carboxylic acids is 1. The standard InChI is InChI=1S/C32H23ClN8O13S3/c1-54-20-6-9-23(25(14-20)56(48,49)50)39-40-27-26(57(51,52)53)12-17-11-18(4-7-21(17)28(27)42)34-30-36-31(35-19-5-8-22(33)24(13-19)55(45,46)47)38-32(37-30)41-10-2-3-16(15-41)29(43)44/h2-15H,1H3,(H6-,34,35,36,37,38,39,42,43,44,45,46,47,48,49,50,51,52,53)/p+1. The van der Waals surface area contributed by atoms with Crippen molar-refractivity contribution < 1.29 is 62.9 Å². The number of methoxy groups -OCH3 is 1. The highest BCUT2D eigenvalue weighted by Crippen LogP contribution is 2.31. The Morgan fingerprint density at radius 2 is 1.47 bits per heavy atom. The SMILES string of the molecule is COc1ccc(N/N=C2/C(=O)c3ccc(Nc4nc(Nc5ccc(Cl)c(S(=O)(=O)O)c5)nc(-[n+]5cccc(C(=O)O)c5)n4)cc3C=C2S(=O)(=O)O)c(S(=O)(=O)O)c1. The third-order valence-corrected chi connectivity index (χ3v) is 10.8. The number of carboxylic acid groups (broad SMARTS) is 1. The summed E-state index contributed by atoms with van der Waals surface area (Å²) in [4.78, 5) is 35.8. The lowest BCUT2D eigenvalue weighted by Gasteiger charge is -2.17. The molecule has 0 saturated heterocycles. The Morgan fingerprint density at radius 1 is 0.825 bits per heavy atom. The van der Waals surface area contributed by atoms with Gasteiger partial charge >= 0.3 is 23.8 Å². The summed E-state index contributed by atoms with van der Waals surface area (Å²) in [7, 11) is -13.5. The van der Waals surface area contributed by atoms with E-state index < -0.39 is 62.5 Å². The predicted molar refractivity (Wildman–Crippen MR) is 200 cm³/mol. The Bertz CT molecular complexity index is 2930. The second-order valence-corrected chi connectivity index (χ2v) is 16.1. The topological polar surface area (TPSA) is 318 Å². The summed E-state index contributed by atoms with van der Waals surface area (Å²) in [5.41, 5.74) is 0.919. The number of nitrogens with one attached hydrogen (secondary N) is 3. The summed E-state index contributed by atoms with van der Waals surface area (Å²) in [6.45, 7) is 0. The molecule has 2 heterocycles. The number of hydrogen-bond donors (Lipinski definition) is 7. The van der Waals surface area contributed by atoms with Crippen molar-refractivity contribution >= 4 is 94.5 Å². The molecular weight excluding hydrogens is 836 g/mol. The lowest BCUT2D eigenvalue weighted by molar-refractivity contribution is -0.603. The number of rotatable bonds is 12. The molecule has 0 unspecified atom stereocenters. The number of carbonyl (C=O) groups excluding carboxylic acids is 1. The first-order valence-electron chi connectivity index (χ1n) is 15.4. The number of fused-ring (bicyclic) bond motifs is 1. The van der Waals surface area contributed by atoms with Gasteiger partial charge in [-0.3, -0.25) is 23.9 Å². The maximum absolute atomic E-state index is 13.6. The summed E-state index contributed by atoms with van der Waals surface area (Å²) in [5, 5.41) is 18.6. The van der Waals surface area contributed by atoms with E-state index in [2.05, 4.69) is 36.1 Å². The summed E-state index contributed by atoms with van der Waals surface area (Å²) in [6.07, 6.45) is 3.54. The number of ketones is 1. The van der Waals surface area contributed by atoms with E-state index in [1.54, 1.807) is 0 Å². The third kappa shape index (κ3) is 9.02. The van der Waals surface area contributed by atoms with E-state index in [1.165, 1.54) is 72.6 Å². The van der Waals surface area contributed by atoms with Crippen LogP contribution in [0.25, 0.3) is 12.0 Å². The van der Waals surface area contributed by atoms with Crippen LogP contribution in [0.15, 0.2) is 98.9 Å². The number of nitrogens with zero attached hydrogens (tertiary/aromatic N) is 5. The minimum atomic E-state index is -5.16. The lowest BCUT2D eigenvalue weighted by Crippen LogP contribution is -2.34. The van der Waals surface area contributed by atoms with Gasteiger partial charge in [0.15, 0.2) is 5.71 Å². The molecule has 3 aromatic carbocycles. The van der Waals surface area contributed by atoms with Crippen molar-refractivity contribution in [3.63, 3.8) is 0 Å².